The van der Waals surface area contributed by atoms with Gasteiger partial charge in [0.1, 0.15) is 5.75 Å². The zero-order valence-electron chi connectivity index (χ0n) is 15.7. The molecule has 1 N–H and O–H groups in total. The Labute approximate surface area is 168 Å². The number of piperazine rings is 1. The minimum atomic E-state index is -3.18. The zero-order valence-corrected chi connectivity index (χ0v) is 17.4. The number of nitrogens with zero attached hydrogens (tertiary/aromatic N) is 1. The van der Waals surface area contributed by atoms with E-state index in [2.05, 4.69) is 5.32 Å². The molecule has 0 aromatic heterocycles. The molecule has 2 fully saturated rings. The highest BCUT2D eigenvalue weighted by Gasteiger charge is 2.33. The fraction of sp³-hybridized carbons (Fsp3) is 0.632. The third-order valence-electron chi connectivity index (χ3n) is 5.47. The molecule has 1 aliphatic heterocycles. The summed E-state index contributed by atoms with van der Waals surface area (Å²) in [6.45, 7) is 1.93. The third kappa shape index (κ3) is 5.15. The van der Waals surface area contributed by atoms with Gasteiger partial charge in [0.25, 0.3) is 0 Å². The van der Waals surface area contributed by atoms with Gasteiger partial charge >= 0.3 is 0 Å². The first-order valence-corrected chi connectivity index (χ1v) is 11.1. The van der Waals surface area contributed by atoms with Crippen molar-refractivity contribution in [2.75, 3.05) is 32.5 Å². The van der Waals surface area contributed by atoms with Crippen LogP contribution < -0.4 is 10.1 Å². The lowest BCUT2D eigenvalue weighted by atomic mass is 10.0. The number of ether oxygens (including phenoxy) is 1. The molecular weight excluding hydrogens is 388 g/mol. The maximum absolute atomic E-state index is 12.8. The highest BCUT2D eigenvalue weighted by Crippen LogP contribution is 2.31. The van der Waals surface area contributed by atoms with E-state index in [-0.39, 0.29) is 41.8 Å². The Morgan fingerprint density at radius 3 is 2.67 bits per heavy atom. The van der Waals surface area contributed by atoms with E-state index < -0.39 is 9.84 Å². The van der Waals surface area contributed by atoms with Crippen molar-refractivity contribution < 1.29 is 17.9 Å². The van der Waals surface area contributed by atoms with Gasteiger partial charge in [0.15, 0.2) is 9.84 Å². The van der Waals surface area contributed by atoms with Crippen LogP contribution in [0.3, 0.4) is 0 Å². The highest BCUT2D eigenvalue weighted by atomic mass is 35.5. The number of halogens is 1. The molecule has 152 valence electrons. The number of carbonyl (C=O) groups excluding carboxylic acids is 1. The summed E-state index contributed by atoms with van der Waals surface area (Å²) in [5.41, 5.74) is 0.953. The Morgan fingerprint density at radius 1 is 1.26 bits per heavy atom. The third-order valence-corrected chi connectivity index (χ3v) is 7.73. The van der Waals surface area contributed by atoms with Crippen LogP contribution in [0.1, 0.15) is 43.7 Å². The largest absolute Gasteiger partial charge is 0.496 e. The molecule has 1 saturated carbocycles. The summed E-state index contributed by atoms with van der Waals surface area (Å²) in [7, 11) is -1.56. The van der Waals surface area contributed by atoms with Crippen LogP contribution in [0, 0.1) is 0 Å². The molecule has 0 bridgehead atoms. The van der Waals surface area contributed by atoms with Gasteiger partial charge in [-0.15, -0.1) is 12.4 Å². The van der Waals surface area contributed by atoms with Crippen LogP contribution in [0.4, 0.5) is 0 Å². The van der Waals surface area contributed by atoms with Gasteiger partial charge in [-0.25, -0.2) is 8.42 Å². The number of hydrogen-bond donors (Lipinski definition) is 1. The maximum atomic E-state index is 12.8. The molecule has 1 aromatic rings. The van der Waals surface area contributed by atoms with E-state index in [0.29, 0.717) is 19.6 Å². The van der Waals surface area contributed by atoms with Gasteiger partial charge in [-0.2, -0.15) is 0 Å². The monoisotopic (exact) mass is 416 g/mol. The van der Waals surface area contributed by atoms with Crippen molar-refractivity contribution in [1.29, 1.82) is 0 Å². The Bertz CT molecular complexity index is 735. The molecule has 1 atom stereocenters. The predicted molar refractivity (Wildman–Crippen MR) is 108 cm³/mol. The molecule has 1 saturated heterocycles. The first kappa shape index (κ1) is 22.0. The van der Waals surface area contributed by atoms with Crippen molar-refractivity contribution in [1.82, 2.24) is 10.2 Å². The molecule has 27 heavy (non-hydrogen) atoms. The summed E-state index contributed by atoms with van der Waals surface area (Å²) in [6.07, 6.45) is 3.50. The highest BCUT2D eigenvalue weighted by molar-refractivity contribution is 7.92. The van der Waals surface area contributed by atoms with Crippen molar-refractivity contribution in [3.63, 3.8) is 0 Å². The van der Waals surface area contributed by atoms with Crippen molar-refractivity contribution in [2.24, 2.45) is 0 Å². The van der Waals surface area contributed by atoms with Crippen LogP contribution in [-0.2, 0) is 14.6 Å². The van der Waals surface area contributed by atoms with Crippen LogP contribution in [-0.4, -0.2) is 57.0 Å². The standard InChI is InChI=1S/C19H28N2O4S.ClH/c1-25-18-9-5-4-8-16(18)17-14-20-11-12-21(17)19(22)10-13-26(23,24)15-6-2-3-7-15;/h4-5,8-9,15,17,20H,2-3,6-7,10-14H2,1H3;1H. The zero-order chi connectivity index (χ0) is 18.6. The van der Waals surface area contributed by atoms with Crippen molar-refractivity contribution in [3.05, 3.63) is 29.8 Å². The number of carbonyl (C=O) groups is 1. The Hall–Kier alpha value is -1.31. The Kier molecular flexibility index (Phi) is 7.94. The van der Waals surface area contributed by atoms with E-state index >= 15 is 0 Å². The van der Waals surface area contributed by atoms with Crippen molar-refractivity contribution >= 4 is 28.2 Å². The second kappa shape index (κ2) is 9.75. The van der Waals surface area contributed by atoms with Crippen LogP contribution in [0.2, 0.25) is 0 Å². The Balaban J connectivity index is 0.00000261. The molecular formula is C19H29ClN2O4S. The first-order valence-electron chi connectivity index (χ1n) is 9.37. The number of benzene rings is 1. The second-order valence-corrected chi connectivity index (χ2v) is 9.47. The normalized spacial score (nSPS) is 20.9. The van der Waals surface area contributed by atoms with Crippen molar-refractivity contribution in [3.8, 4) is 5.75 Å². The minimum absolute atomic E-state index is 0. The fourth-order valence-corrected chi connectivity index (χ4v) is 5.85. The molecule has 1 heterocycles. The van der Waals surface area contributed by atoms with Crippen LogP contribution in [0.5, 0.6) is 5.75 Å². The number of amides is 1. The number of nitrogens with one attached hydrogen (secondary N) is 1. The van der Waals surface area contributed by atoms with Gasteiger partial charge in [-0.05, 0) is 18.9 Å². The average molecular weight is 417 g/mol. The van der Waals surface area contributed by atoms with Crippen molar-refractivity contribution in [2.45, 2.75) is 43.4 Å². The van der Waals surface area contributed by atoms with E-state index in [1.807, 2.05) is 24.3 Å². The summed E-state index contributed by atoms with van der Waals surface area (Å²) < 4.78 is 30.4. The molecule has 6 nitrogen and oxygen atoms in total. The molecule has 3 rings (SSSR count). The van der Waals surface area contributed by atoms with Gasteiger partial charge in [0.2, 0.25) is 5.91 Å². The lowest BCUT2D eigenvalue weighted by Gasteiger charge is -2.37. The van der Waals surface area contributed by atoms with Gasteiger partial charge < -0.3 is 15.0 Å². The summed E-state index contributed by atoms with van der Waals surface area (Å²) in [5, 5.41) is 3.07. The van der Waals surface area contributed by atoms with Crippen LogP contribution in [0.15, 0.2) is 24.3 Å². The SMILES string of the molecule is COc1ccccc1C1CNCCN1C(=O)CCS(=O)(=O)C1CCCC1.Cl. The van der Waals surface area contributed by atoms with Gasteiger partial charge in [-0.1, -0.05) is 31.0 Å². The lowest BCUT2D eigenvalue weighted by molar-refractivity contribution is -0.134. The topological polar surface area (TPSA) is 75.7 Å². The molecule has 1 aromatic carbocycles. The Morgan fingerprint density at radius 2 is 1.96 bits per heavy atom. The van der Waals surface area contributed by atoms with Gasteiger partial charge in [0, 0.05) is 31.6 Å². The summed E-state index contributed by atoms with van der Waals surface area (Å²) in [6, 6.07) is 7.54. The van der Waals surface area contributed by atoms with Crippen LogP contribution in [0.25, 0.3) is 0 Å². The van der Waals surface area contributed by atoms with Gasteiger partial charge in [0.05, 0.1) is 24.2 Å². The molecule has 1 unspecified atom stereocenters. The molecule has 0 spiro atoms. The molecule has 1 amide bonds. The number of methoxy groups -OCH3 is 1. The fourth-order valence-electron chi connectivity index (χ4n) is 4.01. The molecule has 8 heteroatoms. The first-order chi connectivity index (χ1) is 12.5. The lowest BCUT2D eigenvalue weighted by Crippen LogP contribution is -2.49. The molecule has 1 aliphatic carbocycles. The van der Waals surface area contributed by atoms with E-state index in [0.717, 1.165) is 37.0 Å². The van der Waals surface area contributed by atoms with E-state index in [4.69, 9.17) is 4.74 Å². The average Bonchev–Trinajstić information content (AvgIpc) is 3.22. The number of para-hydroxylation sites is 1. The summed E-state index contributed by atoms with van der Waals surface area (Å²) >= 11 is 0. The summed E-state index contributed by atoms with van der Waals surface area (Å²) in [4.78, 5) is 14.6. The number of sulfone groups is 1. The number of rotatable bonds is 6. The molecule has 0 radical (unpaired) electrons. The van der Waals surface area contributed by atoms with Gasteiger partial charge in [-0.3, -0.25) is 4.79 Å². The predicted octanol–water partition coefficient (Wildman–Crippen LogP) is 2.34. The smallest absolute Gasteiger partial charge is 0.224 e. The van der Waals surface area contributed by atoms with E-state index in [1.54, 1.807) is 12.0 Å². The number of hydrogen-bond acceptors (Lipinski definition) is 5. The molecule has 2 aliphatic rings. The van der Waals surface area contributed by atoms with E-state index in [9.17, 15) is 13.2 Å². The second-order valence-electron chi connectivity index (χ2n) is 7.07. The summed E-state index contributed by atoms with van der Waals surface area (Å²) in [5.74, 6) is 0.612. The van der Waals surface area contributed by atoms with E-state index in [1.165, 1.54) is 0 Å². The van der Waals surface area contributed by atoms with Crippen LogP contribution >= 0.6 is 12.4 Å². The quantitative estimate of drug-likeness (QED) is 0.770. The maximum Gasteiger partial charge on any atom is 0.224 e. The minimum Gasteiger partial charge on any atom is -0.496 e.